The minimum Gasteiger partial charge on any atom is -0.481 e. The number of hydrogen-bond donors (Lipinski definition) is 2. The zero-order valence-electron chi connectivity index (χ0n) is 8.87. The van der Waals surface area contributed by atoms with Crippen LogP contribution >= 0.6 is 0 Å². The van der Waals surface area contributed by atoms with Crippen molar-refractivity contribution >= 4 is 11.9 Å². The lowest BCUT2D eigenvalue weighted by Gasteiger charge is -2.12. The molecule has 0 spiro atoms. The predicted octanol–water partition coefficient (Wildman–Crippen LogP) is -0.229. The van der Waals surface area contributed by atoms with Crippen LogP contribution in [-0.4, -0.2) is 35.1 Å². The van der Waals surface area contributed by atoms with E-state index in [1.807, 2.05) is 0 Å². The van der Waals surface area contributed by atoms with Crippen molar-refractivity contribution in [3.05, 3.63) is 21.6 Å². The van der Waals surface area contributed by atoms with E-state index in [0.717, 1.165) is 0 Å². The molecule has 0 aromatic carbocycles. The standard InChI is InChI=1S/C9H13N3O3/c1-5-6(4-7(13)14)8(15)11-9(10-5)12(2)3/h4H2,1-3H3,(H,13,14)(H,10,11,15). The van der Waals surface area contributed by atoms with Gasteiger partial charge in [0.25, 0.3) is 5.56 Å². The number of carboxylic acid groups (broad SMARTS) is 1. The molecule has 0 radical (unpaired) electrons. The summed E-state index contributed by atoms with van der Waals surface area (Å²) in [5.74, 6) is -0.616. The Balaban J connectivity index is 3.21. The zero-order valence-corrected chi connectivity index (χ0v) is 8.87. The Hall–Kier alpha value is -1.85. The van der Waals surface area contributed by atoms with Gasteiger partial charge in [-0.25, -0.2) is 4.98 Å². The maximum Gasteiger partial charge on any atom is 0.308 e. The van der Waals surface area contributed by atoms with Gasteiger partial charge >= 0.3 is 5.97 Å². The van der Waals surface area contributed by atoms with Crippen molar-refractivity contribution in [3.63, 3.8) is 0 Å². The van der Waals surface area contributed by atoms with Crippen LogP contribution in [0.2, 0.25) is 0 Å². The Morgan fingerprint density at radius 1 is 1.53 bits per heavy atom. The molecule has 6 nitrogen and oxygen atoms in total. The van der Waals surface area contributed by atoms with Crippen LogP contribution in [0.1, 0.15) is 11.3 Å². The monoisotopic (exact) mass is 211 g/mol. The van der Waals surface area contributed by atoms with E-state index in [2.05, 4.69) is 9.97 Å². The number of hydrogen-bond acceptors (Lipinski definition) is 4. The Morgan fingerprint density at radius 3 is 2.53 bits per heavy atom. The van der Waals surface area contributed by atoms with Gasteiger partial charge in [-0.3, -0.25) is 14.6 Å². The third-order valence-electron chi connectivity index (χ3n) is 1.96. The minimum absolute atomic E-state index is 0.202. The molecule has 1 aromatic heterocycles. The van der Waals surface area contributed by atoms with Crippen LogP contribution in [-0.2, 0) is 11.2 Å². The number of nitrogens with zero attached hydrogens (tertiary/aromatic N) is 2. The van der Waals surface area contributed by atoms with Gasteiger partial charge in [-0.15, -0.1) is 0 Å². The van der Waals surface area contributed by atoms with Crippen molar-refractivity contribution in [2.24, 2.45) is 0 Å². The van der Waals surface area contributed by atoms with Crippen LogP contribution in [0.25, 0.3) is 0 Å². The van der Waals surface area contributed by atoms with Gasteiger partial charge in [-0.05, 0) is 6.92 Å². The molecule has 82 valence electrons. The van der Waals surface area contributed by atoms with E-state index in [4.69, 9.17) is 5.11 Å². The molecule has 0 aliphatic heterocycles. The highest BCUT2D eigenvalue weighted by molar-refractivity contribution is 5.70. The second-order valence-electron chi connectivity index (χ2n) is 3.42. The van der Waals surface area contributed by atoms with Gasteiger partial charge in [0.2, 0.25) is 5.95 Å². The summed E-state index contributed by atoms with van der Waals surface area (Å²) < 4.78 is 0. The summed E-state index contributed by atoms with van der Waals surface area (Å²) >= 11 is 0. The van der Waals surface area contributed by atoms with Crippen molar-refractivity contribution in [3.8, 4) is 0 Å². The van der Waals surface area contributed by atoms with E-state index >= 15 is 0 Å². The fraction of sp³-hybridized carbons (Fsp3) is 0.444. The van der Waals surface area contributed by atoms with Gasteiger partial charge in [0, 0.05) is 19.7 Å². The summed E-state index contributed by atoms with van der Waals surface area (Å²) in [6, 6.07) is 0. The van der Waals surface area contributed by atoms with E-state index < -0.39 is 11.5 Å². The second-order valence-corrected chi connectivity index (χ2v) is 3.42. The highest BCUT2D eigenvalue weighted by atomic mass is 16.4. The van der Waals surface area contributed by atoms with Gasteiger partial charge < -0.3 is 10.0 Å². The lowest BCUT2D eigenvalue weighted by atomic mass is 10.2. The lowest BCUT2D eigenvalue weighted by Crippen LogP contribution is -2.24. The van der Waals surface area contributed by atoms with Gasteiger partial charge in [0.1, 0.15) is 0 Å². The molecule has 0 saturated carbocycles. The predicted molar refractivity (Wildman–Crippen MR) is 55.3 cm³/mol. The van der Waals surface area contributed by atoms with Gasteiger partial charge in [0.05, 0.1) is 12.1 Å². The van der Waals surface area contributed by atoms with Crippen LogP contribution < -0.4 is 10.5 Å². The summed E-state index contributed by atoms with van der Waals surface area (Å²) in [7, 11) is 3.49. The van der Waals surface area contributed by atoms with Crippen molar-refractivity contribution in [1.82, 2.24) is 9.97 Å². The third kappa shape index (κ3) is 2.55. The number of aliphatic carboxylic acids is 1. The number of anilines is 1. The molecule has 0 aliphatic rings. The fourth-order valence-electron chi connectivity index (χ4n) is 1.17. The number of carbonyl (C=O) groups is 1. The summed E-state index contributed by atoms with van der Waals surface area (Å²) in [6.45, 7) is 1.63. The smallest absolute Gasteiger partial charge is 0.308 e. The molecule has 0 unspecified atom stereocenters. The first-order chi connectivity index (χ1) is 6.91. The quantitative estimate of drug-likeness (QED) is 0.721. The normalized spacial score (nSPS) is 10.1. The highest BCUT2D eigenvalue weighted by Gasteiger charge is 2.12. The highest BCUT2D eigenvalue weighted by Crippen LogP contribution is 2.05. The van der Waals surface area contributed by atoms with Gasteiger partial charge in [-0.1, -0.05) is 0 Å². The molecule has 0 fully saturated rings. The molecule has 0 amide bonds. The average Bonchev–Trinajstić information content (AvgIpc) is 2.10. The molecule has 15 heavy (non-hydrogen) atoms. The van der Waals surface area contributed by atoms with E-state index in [1.165, 1.54) is 0 Å². The average molecular weight is 211 g/mol. The fourth-order valence-corrected chi connectivity index (χ4v) is 1.17. The van der Waals surface area contributed by atoms with E-state index in [1.54, 1.807) is 25.9 Å². The Morgan fingerprint density at radius 2 is 2.13 bits per heavy atom. The third-order valence-corrected chi connectivity index (χ3v) is 1.96. The van der Waals surface area contributed by atoms with Crippen LogP contribution in [0, 0.1) is 6.92 Å². The van der Waals surface area contributed by atoms with Crippen LogP contribution in [0.3, 0.4) is 0 Å². The first-order valence-corrected chi connectivity index (χ1v) is 4.40. The second kappa shape index (κ2) is 4.12. The Kier molecular flexibility index (Phi) is 3.08. The molecule has 0 saturated heterocycles. The Bertz CT molecular complexity index is 437. The molecule has 2 N–H and O–H groups in total. The molecular weight excluding hydrogens is 198 g/mol. The number of aryl methyl sites for hydroxylation is 1. The van der Waals surface area contributed by atoms with Crippen molar-refractivity contribution in [2.75, 3.05) is 19.0 Å². The van der Waals surface area contributed by atoms with E-state index in [-0.39, 0.29) is 12.0 Å². The molecular formula is C9H13N3O3. The summed E-state index contributed by atoms with van der Waals surface area (Å²) in [5.41, 5.74) is 0.256. The molecule has 0 atom stereocenters. The largest absolute Gasteiger partial charge is 0.481 e. The molecule has 0 aliphatic carbocycles. The molecule has 1 rings (SSSR count). The van der Waals surface area contributed by atoms with Crippen LogP contribution in [0.5, 0.6) is 0 Å². The molecule has 1 aromatic rings. The van der Waals surface area contributed by atoms with E-state index in [9.17, 15) is 9.59 Å². The van der Waals surface area contributed by atoms with Crippen molar-refractivity contribution in [1.29, 1.82) is 0 Å². The first-order valence-electron chi connectivity index (χ1n) is 4.40. The summed E-state index contributed by atoms with van der Waals surface area (Å²) in [5, 5.41) is 8.60. The number of H-pyrrole nitrogens is 1. The summed E-state index contributed by atoms with van der Waals surface area (Å²) in [4.78, 5) is 30.3. The lowest BCUT2D eigenvalue weighted by molar-refractivity contribution is -0.136. The topological polar surface area (TPSA) is 86.3 Å². The number of rotatable bonds is 3. The van der Waals surface area contributed by atoms with Crippen LogP contribution in [0.15, 0.2) is 4.79 Å². The van der Waals surface area contributed by atoms with Gasteiger partial charge in [0.15, 0.2) is 0 Å². The maximum atomic E-state index is 11.5. The SMILES string of the molecule is Cc1nc(N(C)C)[nH]c(=O)c1CC(=O)O. The van der Waals surface area contributed by atoms with Crippen molar-refractivity contribution in [2.45, 2.75) is 13.3 Å². The van der Waals surface area contributed by atoms with Crippen molar-refractivity contribution < 1.29 is 9.90 Å². The van der Waals surface area contributed by atoms with Gasteiger partial charge in [-0.2, -0.15) is 0 Å². The summed E-state index contributed by atoms with van der Waals surface area (Å²) in [6.07, 6.45) is -0.304. The first kappa shape index (κ1) is 11.2. The van der Waals surface area contributed by atoms with E-state index in [0.29, 0.717) is 11.6 Å². The zero-order chi connectivity index (χ0) is 11.6. The maximum absolute atomic E-state index is 11.5. The molecule has 0 bridgehead atoms. The number of carboxylic acids is 1. The Labute approximate surface area is 86.6 Å². The number of nitrogens with one attached hydrogen (secondary N) is 1. The minimum atomic E-state index is -1.04. The van der Waals surface area contributed by atoms with Crippen LogP contribution in [0.4, 0.5) is 5.95 Å². The molecule has 6 heteroatoms. The number of aromatic nitrogens is 2. The number of aromatic amines is 1. The molecule has 1 heterocycles.